The van der Waals surface area contributed by atoms with Crippen LogP contribution in [0.3, 0.4) is 0 Å². The van der Waals surface area contributed by atoms with Crippen LogP contribution in [0.4, 0.5) is 0 Å². The summed E-state index contributed by atoms with van der Waals surface area (Å²) < 4.78 is 74.3. The molecule has 0 aliphatic carbocycles. The van der Waals surface area contributed by atoms with E-state index in [1.54, 1.807) is 24.3 Å². The van der Waals surface area contributed by atoms with Crippen molar-refractivity contribution in [1.82, 2.24) is 0 Å². The average molecular weight is 2120 g/mol. The molecule has 16 heteroatoms. The largest absolute Gasteiger partial charge is 0.489 e. The summed E-state index contributed by atoms with van der Waals surface area (Å²) >= 11 is 10.7. The molecule has 0 bridgehead atoms. The minimum atomic E-state index is -3.56. The van der Waals surface area contributed by atoms with Gasteiger partial charge in [-0.25, -0.2) is 0 Å². The van der Waals surface area contributed by atoms with Crippen LogP contribution in [-0.4, -0.2) is 38.5 Å². The Bertz CT molecular complexity index is 6070. The highest BCUT2D eigenvalue weighted by atomic mass is 79.9. The number of aliphatic hydroxyl groups excluding tert-OH is 2. The molecule has 0 aliphatic rings. The van der Waals surface area contributed by atoms with Crippen molar-refractivity contribution in [2.75, 3.05) is 19.8 Å². The number of unbranched alkanes of at least 4 members (excludes halogenated alkanes) is 9. The average Bonchev–Trinajstić information content (AvgIpc) is 0.847. The smallest absolute Gasteiger partial charge is 0.296 e. The Morgan fingerprint density at radius 2 is 0.538 bits per heavy atom. The van der Waals surface area contributed by atoms with Crippen molar-refractivity contribution >= 4 is 57.9 Å². The summed E-state index contributed by atoms with van der Waals surface area (Å²) in [6.07, 6.45) is 19.8. The molecule has 2 N–H and O–H groups in total. The highest BCUT2D eigenvalue weighted by Crippen LogP contribution is 2.33. The van der Waals surface area contributed by atoms with Crippen molar-refractivity contribution in [2.24, 2.45) is 0 Å². The van der Waals surface area contributed by atoms with E-state index in [1.165, 1.54) is 61.2 Å². The van der Waals surface area contributed by atoms with Gasteiger partial charge in [0.1, 0.15) is 86.5 Å². The molecule has 0 radical (unpaired) electrons. The van der Waals surface area contributed by atoms with Crippen molar-refractivity contribution < 1.29 is 56.0 Å². The number of aryl methyl sites for hydroxylation is 7. The lowest BCUT2D eigenvalue weighted by Gasteiger charge is -2.14. The number of aliphatic hydroxyl groups is 2. The van der Waals surface area contributed by atoms with E-state index in [4.69, 9.17) is 47.6 Å². The summed E-state index contributed by atoms with van der Waals surface area (Å²) in [6, 6.07) is 128. The minimum absolute atomic E-state index is 0.211. The molecule has 12 nitrogen and oxygen atoms in total. The molecule has 740 valence electrons. The Labute approximate surface area is 875 Å². The van der Waals surface area contributed by atoms with Gasteiger partial charge < -0.3 is 43.4 Å². The molecule has 15 aromatic rings. The van der Waals surface area contributed by atoms with Crippen molar-refractivity contribution in [1.29, 1.82) is 0 Å². The molecule has 0 fully saturated rings. The molecule has 0 heterocycles. The highest BCUT2D eigenvalue weighted by Gasteiger charge is 2.17. The molecule has 143 heavy (non-hydrogen) atoms. The summed E-state index contributed by atoms with van der Waals surface area (Å²) in [6.45, 7) is 8.68. The van der Waals surface area contributed by atoms with Crippen LogP contribution in [0.15, 0.2) is 400 Å². The third kappa shape index (κ3) is 42.8. The SMILES string of the molecule is Brc1ccc(OCc2ccccc2)c(CCCCc2cc(Br)ccc2OCc2ccccc2)c1.Brc1ccccc1OCc1ccccc1.CCCCCOS(=O)(=O)c1ccc(C)cc1.OCCCCC#Cc1ccc(OCc2ccccc2)c(CCCCc2cc(C#CCCCCO)ccc2OCc2ccccc2)c1.c1ccc(COc2ccccc2CCCCc2ccccc2OCc2ccccc2)cc1. The second-order valence-corrected chi connectivity index (χ2v) is 38.9. The monoisotopic (exact) mass is 2120 g/mol. The normalized spacial score (nSPS) is 10.6. The van der Waals surface area contributed by atoms with Crippen LogP contribution in [0.25, 0.3) is 0 Å². The number of benzene rings is 15. The Kier molecular flexibility index (Phi) is 50.7. The first-order chi connectivity index (χ1) is 70.2. The first-order valence-corrected chi connectivity index (χ1v) is 53.6. The molecule has 0 aliphatic heterocycles. The molecule has 15 aromatic carbocycles. The number of hydrogen-bond acceptors (Lipinski definition) is 12. The van der Waals surface area contributed by atoms with E-state index in [1.807, 2.05) is 207 Å². The van der Waals surface area contributed by atoms with Gasteiger partial charge in [-0.05, 0) is 314 Å². The first kappa shape index (κ1) is 111. The van der Waals surface area contributed by atoms with Gasteiger partial charge in [-0.2, -0.15) is 8.42 Å². The number of hydrogen-bond donors (Lipinski definition) is 2. The Hall–Kier alpha value is -12.7. The number of halogens is 3. The number of ether oxygens (including phenoxy) is 7. The van der Waals surface area contributed by atoms with Crippen LogP contribution in [0, 0.1) is 30.6 Å². The van der Waals surface area contributed by atoms with Crippen LogP contribution in [0.1, 0.15) is 192 Å². The van der Waals surface area contributed by atoms with Gasteiger partial charge in [-0.15, -0.1) is 0 Å². The third-order valence-electron chi connectivity index (χ3n) is 23.2. The van der Waals surface area contributed by atoms with Gasteiger partial charge in [-0.1, -0.05) is 354 Å². The Morgan fingerprint density at radius 3 is 0.853 bits per heavy atom. The summed E-state index contributed by atoms with van der Waals surface area (Å²) in [5.41, 5.74) is 18.6. The fourth-order valence-corrected chi connectivity index (χ4v) is 17.5. The van der Waals surface area contributed by atoms with Gasteiger partial charge in [0.05, 0.1) is 16.0 Å². The maximum Gasteiger partial charge on any atom is 0.296 e. The zero-order valence-electron chi connectivity index (χ0n) is 82.3. The van der Waals surface area contributed by atoms with E-state index in [2.05, 4.69) is 236 Å². The van der Waals surface area contributed by atoms with Gasteiger partial charge in [0.15, 0.2) is 0 Å². The maximum absolute atomic E-state index is 11.7. The van der Waals surface area contributed by atoms with Gasteiger partial charge >= 0.3 is 0 Å². The lowest BCUT2D eigenvalue weighted by Crippen LogP contribution is -2.07. The summed E-state index contributed by atoms with van der Waals surface area (Å²) in [5, 5.41) is 18.1. The van der Waals surface area contributed by atoms with Crippen molar-refractivity contribution in [2.45, 2.75) is 200 Å². The zero-order chi connectivity index (χ0) is 100. The van der Waals surface area contributed by atoms with Gasteiger partial charge in [0.2, 0.25) is 0 Å². The number of rotatable bonds is 48. The van der Waals surface area contributed by atoms with Crippen LogP contribution >= 0.6 is 47.8 Å². The van der Waals surface area contributed by atoms with Gasteiger partial charge in [-0.3, -0.25) is 4.18 Å². The second-order valence-electron chi connectivity index (χ2n) is 34.6. The summed E-state index contributed by atoms with van der Waals surface area (Å²) in [4.78, 5) is 0.231. The standard InChI is InChI=1S/C42H46O4.C30H28Br2O2.C30H30O2.C13H11BrO.C12H18O3S/c43-29-15-3-1-7-17-35-25-27-41(45-33-37-19-9-5-10-20-37)39(31-35)23-13-14-24-40-32-36(18-8-2-4-16-30-44)26-28-42(40)46-34-38-21-11-6-12-22-38;31-27-15-17-29(33-21-23-9-3-1-4-10-23)25(19-27)13-7-8-14-26-20-28(32)16-18-30(26)34-22-24-11-5-2-6-12-24;1-3-13-25(14-4-1)23-31-29-21-11-9-19-27(29)17-7-8-18-28-20-10-12-22-30(28)32-24-26-15-5-2-6-16-26;14-12-8-4-5-9-13(12)15-10-11-6-2-1-3-7-11;1-3-4-5-10-15-16(13,14)12-8-6-11(2)7-9-12/h5-6,9-12,19-22,25-28,31-32,43-44H,1-4,13-16,23-24,29-30,33-34H2;1-6,9-12,15-20H,7-8,13-14,21-22H2;1-6,9-16,19-22H,7-8,17-18,23-24H2;1-9H,10H2;6-9H,3-5,10H2,1-2H3. The van der Waals surface area contributed by atoms with E-state index in [0.29, 0.717) is 46.2 Å². The lowest BCUT2D eigenvalue weighted by atomic mass is 9.99. The van der Waals surface area contributed by atoms with Crippen LogP contribution in [-0.2, 0) is 99.1 Å². The topological polar surface area (TPSA) is 148 Å². The van der Waals surface area contributed by atoms with Crippen molar-refractivity contribution in [3.8, 4) is 63.9 Å². The highest BCUT2D eigenvalue weighted by molar-refractivity contribution is 9.11. The Morgan fingerprint density at radius 1 is 0.266 bits per heavy atom. The van der Waals surface area contributed by atoms with Crippen LogP contribution < -0.4 is 33.2 Å². The van der Waals surface area contributed by atoms with E-state index in [9.17, 15) is 8.42 Å². The quantitative estimate of drug-likeness (QED) is 0.0212. The molecule has 0 atom stereocenters. The molecule has 0 unspecified atom stereocenters. The maximum atomic E-state index is 11.7. The van der Waals surface area contributed by atoms with Gasteiger partial charge in [0, 0.05) is 46.1 Å². The zero-order valence-corrected chi connectivity index (χ0v) is 87.9. The second kappa shape index (κ2) is 65.5. The molecular formula is C127H133Br3O12S. The predicted molar refractivity (Wildman–Crippen MR) is 593 cm³/mol. The van der Waals surface area contributed by atoms with Gasteiger partial charge in [0.25, 0.3) is 10.1 Å². The minimum Gasteiger partial charge on any atom is -0.489 e. The molecule has 0 saturated heterocycles. The predicted octanol–water partition coefficient (Wildman–Crippen LogP) is 31.7. The first-order valence-electron chi connectivity index (χ1n) is 49.8. The number of para-hydroxylation sites is 3. The summed E-state index contributed by atoms with van der Waals surface area (Å²) in [7, 11) is -3.56. The summed E-state index contributed by atoms with van der Waals surface area (Å²) in [5.74, 6) is 19.7. The molecule has 0 spiro atoms. The Balaban J connectivity index is 0.000000180. The van der Waals surface area contributed by atoms with Crippen LogP contribution in [0.2, 0.25) is 0 Å². The van der Waals surface area contributed by atoms with E-state index in [0.717, 1.165) is 216 Å². The third-order valence-corrected chi connectivity index (χ3v) is 26.2. The molecular weight excluding hydrogens is 1990 g/mol. The van der Waals surface area contributed by atoms with E-state index in [-0.39, 0.29) is 24.7 Å². The lowest BCUT2D eigenvalue weighted by molar-refractivity contribution is 0.285. The van der Waals surface area contributed by atoms with Crippen LogP contribution in [0.5, 0.6) is 40.2 Å². The molecule has 0 aromatic heterocycles. The van der Waals surface area contributed by atoms with E-state index < -0.39 is 10.1 Å². The molecule has 0 amide bonds. The van der Waals surface area contributed by atoms with Crippen molar-refractivity contribution in [3.63, 3.8) is 0 Å². The fraction of sp³-hybridized carbons (Fsp3) is 0.260. The van der Waals surface area contributed by atoms with Crippen molar-refractivity contribution in [3.05, 3.63) is 485 Å². The molecule has 15 rings (SSSR count). The van der Waals surface area contributed by atoms with E-state index >= 15 is 0 Å². The molecule has 0 saturated carbocycles. The fourth-order valence-electron chi connectivity index (χ4n) is 15.3.